The molecular weight excluding hydrogens is 246 g/mol. The van der Waals surface area contributed by atoms with Gasteiger partial charge < -0.3 is 5.32 Å². The summed E-state index contributed by atoms with van der Waals surface area (Å²) in [5.74, 6) is 0.0222. The van der Waals surface area contributed by atoms with Crippen LogP contribution in [0.4, 0.5) is 5.69 Å². The Morgan fingerprint density at radius 2 is 1.94 bits per heavy atom. The van der Waals surface area contributed by atoms with Gasteiger partial charge in [0.05, 0.1) is 5.02 Å². The summed E-state index contributed by atoms with van der Waals surface area (Å²) in [6, 6.07) is 11.4. The number of halogens is 1. The van der Waals surface area contributed by atoms with E-state index >= 15 is 0 Å². The third-order valence-corrected chi connectivity index (χ3v) is 3.70. The highest BCUT2D eigenvalue weighted by Gasteiger charge is 2.26. The third kappa shape index (κ3) is 1.53. The second-order valence-electron chi connectivity index (χ2n) is 4.36. The van der Waals surface area contributed by atoms with Gasteiger partial charge in [-0.2, -0.15) is 0 Å². The molecule has 1 aliphatic rings. The highest BCUT2D eigenvalue weighted by molar-refractivity contribution is 6.35. The molecule has 0 fully saturated rings. The van der Waals surface area contributed by atoms with E-state index in [-0.39, 0.29) is 5.78 Å². The van der Waals surface area contributed by atoms with E-state index in [1.165, 1.54) is 0 Å². The van der Waals surface area contributed by atoms with Gasteiger partial charge >= 0.3 is 0 Å². The van der Waals surface area contributed by atoms with Gasteiger partial charge in [0.25, 0.3) is 0 Å². The van der Waals surface area contributed by atoms with Crippen molar-refractivity contribution >= 4 is 23.1 Å². The number of anilines is 1. The Kier molecular flexibility index (Phi) is 2.60. The molecule has 3 rings (SSSR count). The number of carbonyl (C=O) groups is 1. The SMILES string of the molecule is CNc1ccc(Cl)c2c1Cc1ccccc1C2=O. The van der Waals surface area contributed by atoms with Crippen LogP contribution in [-0.2, 0) is 6.42 Å². The molecule has 3 heteroatoms. The summed E-state index contributed by atoms with van der Waals surface area (Å²) >= 11 is 6.18. The second-order valence-corrected chi connectivity index (χ2v) is 4.77. The monoisotopic (exact) mass is 257 g/mol. The van der Waals surface area contributed by atoms with E-state index in [1.54, 1.807) is 6.07 Å². The lowest BCUT2D eigenvalue weighted by Crippen LogP contribution is -2.17. The van der Waals surface area contributed by atoms with Gasteiger partial charge in [-0.25, -0.2) is 0 Å². The topological polar surface area (TPSA) is 29.1 Å². The molecule has 0 atom stereocenters. The predicted octanol–water partition coefficient (Wildman–Crippen LogP) is 3.52. The fourth-order valence-electron chi connectivity index (χ4n) is 2.50. The van der Waals surface area contributed by atoms with Crippen LogP contribution < -0.4 is 5.32 Å². The van der Waals surface area contributed by atoms with Crippen molar-refractivity contribution in [2.45, 2.75) is 6.42 Å². The van der Waals surface area contributed by atoms with Crippen LogP contribution in [0.2, 0.25) is 5.02 Å². The van der Waals surface area contributed by atoms with Crippen molar-refractivity contribution in [3.8, 4) is 0 Å². The lowest BCUT2D eigenvalue weighted by Gasteiger charge is -2.22. The first-order valence-corrected chi connectivity index (χ1v) is 6.22. The maximum absolute atomic E-state index is 12.5. The van der Waals surface area contributed by atoms with Crippen molar-refractivity contribution in [3.63, 3.8) is 0 Å². The zero-order valence-electron chi connectivity index (χ0n) is 9.96. The molecule has 2 aromatic rings. The van der Waals surface area contributed by atoms with Gasteiger partial charge in [0.2, 0.25) is 0 Å². The van der Waals surface area contributed by atoms with E-state index in [0.717, 1.165) is 28.8 Å². The summed E-state index contributed by atoms with van der Waals surface area (Å²) < 4.78 is 0. The Bertz CT molecular complexity index is 649. The van der Waals surface area contributed by atoms with Crippen LogP contribution in [0, 0.1) is 0 Å². The number of rotatable bonds is 1. The molecule has 0 bridgehead atoms. The number of hydrogen-bond acceptors (Lipinski definition) is 2. The Balaban J connectivity index is 2.28. The molecule has 0 aliphatic heterocycles. The highest BCUT2D eigenvalue weighted by Crippen LogP contribution is 2.35. The Labute approximate surface area is 111 Å². The number of nitrogens with one attached hydrogen (secondary N) is 1. The molecule has 0 radical (unpaired) electrons. The molecule has 0 amide bonds. The molecular formula is C15H12ClNO. The minimum absolute atomic E-state index is 0.0222. The highest BCUT2D eigenvalue weighted by atomic mass is 35.5. The number of benzene rings is 2. The van der Waals surface area contributed by atoms with Crippen molar-refractivity contribution < 1.29 is 4.79 Å². The summed E-state index contributed by atoms with van der Waals surface area (Å²) in [6.45, 7) is 0. The smallest absolute Gasteiger partial charge is 0.195 e. The van der Waals surface area contributed by atoms with Gasteiger partial charge in [-0.15, -0.1) is 0 Å². The molecule has 2 aromatic carbocycles. The van der Waals surface area contributed by atoms with Crippen molar-refractivity contribution in [3.05, 3.63) is 63.7 Å². The summed E-state index contributed by atoms with van der Waals surface area (Å²) in [6.07, 6.45) is 0.744. The second kappa shape index (κ2) is 4.14. The van der Waals surface area contributed by atoms with Crippen LogP contribution in [0.3, 0.4) is 0 Å². The van der Waals surface area contributed by atoms with Crippen LogP contribution in [0.15, 0.2) is 36.4 Å². The molecule has 1 N–H and O–H groups in total. The first-order valence-electron chi connectivity index (χ1n) is 5.84. The van der Waals surface area contributed by atoms with Crippen LogP contribution in [0.25, 0.3) is 0 Å². The maximum Gasteiger partial charge on any atom is 0.195 e. The van der Waals surface area contributed by atoms with Crippen LogP contribution in [0.1, 0.15) is 27.0 Å². The molecule has 0 saturated carbocycles. The van der Waals surface area contributed by atoms with Crippen molar-refractivity contribution in [1.29, 1.82) is 0 Å². The molecule has 18 heavy (non-hydrogen) atoms. The van der Waals surface area contributed by atoms with E-state index in [4.69, 9.17) is 11.6 Å². The molecule has 0 spiro atoms. The summed E-state index contributed by atoms with van der Waals surface area (Å²) in [5.41, 5.74) is 4.43. The Morgan fingerprint density at radius 1 is 1.17 bits per heavy atom. The van der Waals surface area contributed by atoms with Gasteiger partial charge in [0, 0.05) is 30.3 Å². The lowest BCUT2D eigenvalue weighted by molar-refractivity contribution is 0.103. The molecule has 0 heterocycles. The van der Waals surface area contributed by atoms with Crippen LogP contribution >= 0.6 is 11.6 Å². The molecule has 0 aromatic heterocycles. The summed E-state index contributed by atoms with van der Waals surface area (Å²) in [7, 11) is 1.86. The Morgan fingerprint density at radius 3 is 2.72 bits per heavy atom. The van der Waals surface area contributed by atoms with Gasteiger partial charge in [0.15, 0.2) is 5.78 Å². The average Bonchev–Trinajstić information content (AvgIpc) is 2.39. The zero-order valence-corrected chi connectivity index (χ0v) is 10.7. The zero-order chi connectivity index (χ0) is 12.7. The summed E-state index contributed by atoms with van der Waals surface area (Å²) in [5, 5.41) is 3.65. The van der Waals surface area contributed by atoms with Crippen molar-refractivity contribution in [2.24, 2.45) is 0 Å². The standard InChI is InChI=1S/C15H12ClNO/c1-17-13-7-6-12(16)14-11(13)8-9-4-2-3-5-10(9)15(14)18/h2-7,17H,8H2,1H3. The van der Waals surface area contributed by atoms with E-state index < -0.39 is 0 Å². The largest absolute Gasteiger partial charge is 0.388 e. The van der Waals surface area contributed by atoms with Crippen LogP contribution in [0.5, 0.6) is 0 Å². The average molecular weight is 258 g/mol. The number of ketones is 1. The first-order chi connectivity index (χ1) is 8.72. The fraction of sp³-hybridized carbons (Fsp3) is 0.133. The molecule has 0 saturated heterocycles. The van der Waals surface area contributed by atoms with Gasteiger partial charge in [-0.05, 0) is 23.3 Å². The number of carbonyl (C=O) groups excluding carboxylic acids is 1. The minimum Gasteiger partial charge on any atom is -0.388 e. The molecule has 2 nitrogen and oxygen atoms in total. The molecule has 0 unspecified atom stereocenters. The van der Waals surface area contributed by atoms with E-state index in [0.29, 0.717) is 10.6 Å². The van der Waals surface area contributed by atoms with E-state index in [2.05, 4.69) is 5.32 Å². The van der Waals surface area contributed by atoms with Crippen LogP contribution in [-0.4, -0.2) is 12.8 Å². The molecule has 1 aliphatic carbocycles. The Hall–Kier alpha value is -1.80. The van der Waals surface area contributed by atoms with Crippen molar-refractivity contribution in [2.75, 3.05) is 12.4 Å². The lowest BCUT2D eigenvalue weighted by atomic mass is 9.84. The van der Waals surface area contributed by atoms with E-state index in [9.17, 15) is 4.79 Å². The predicted molar refractivity (Wildman–Crippen MR) is 73.7 cm³/mol. The first kappa shape index (κ1) is 11.3. The normalized spacial score (nSPS) is 12.9. The molecule has 90 valence electrons. The quantitative estimate of drug-likeness (QED) is 0.723. The number of fused-ring (bicyclic) bond motifs is 2. The maximum atomic E-state index is 12.5. The van der Waals surface area contributed by atoms with Gasteiger partial charge in [0.1, 0.15) is 0 Å². The third-order valence-electron chi connectivity index (χ3n) is 3.39. The van der Waals surface area contributed by atoms with Gasteiger partial charge in [-0.3, -0.25) is 4.79 Å². The van der Waals surface area contributed by atoms with Gasteiger partial charge in [-0.1, -0.05) is 35.9 Å². The minimum atomic E-state index is 0.0222. The number of hydrogen-bond donors (Lipinski definition) is 1. The fourth-order valence-corrected chi connectivity index (χ4v) is 2.77. The summed E-state index contributed by atoms with van der Waals surface area (Å²) in [4.78, 5) is 12.5. The van der Waals surface area contributed by atoms with E-state index in [1.807, 2.05) is 37.4 Å². The van der Waals surface area contributed by atoms with Crippen molar-refractivity contribution in [1.82, 2.24) is 0 Å².